The summed E-state index contributed by atoms with van der Waals surface area (Å²) in [5.74, 6) is 2.28. The molecule has 1 aromatic carbocycles. The fourth-order valence-electron chi connectivity index (χ4n) is 5.80. The first kappa shape index (κ1) is 22.3. The third-order valence-electron chi connectivity index (χ3n) is 7.77. The van der Waals surface area contributed by atoms with Gasteiger partial charge in [-0.25, -0.2) is 9.97 Å². The lowest BCUT2D eigenvalue weighted by atomic mass is 9.93. The standard InChI is InChI=1S/C27H37N5O/c1-21-6-5-7-23(20-21)26-28-13-8-25(29-26)31-16-9-22(10-17-31)27(33)32-18-11-24(12-19-32)30-14-3-2-4-15-30/h5-8,13,20,22,24H,2-4,9-12,14-19H2,1H3. The molecule has 176 valence electrons. The number of benzene rings is 1. The van der Waals surface area contributed by atoms with Gasteiger partial charge in [0, 0.05) is 49.9 Å². The number of aryl methyl sites for hydroxylation is 1. The average Bonchev–Trinajstić information content (AvgIpc) is 2.89. The number of hydrogen-bond donors (Lipinski definition) is 0. The van der Waals surface area contributed by atoms with E-state index in [-0.39, 0.29) is 5.92 Å². The van der Waals surface area contributed by atoms with Gasteiger partial charge in [0.1, 0.15) is 5.82 Å². The highest BCUT2D eigenvalue weighted by atomic mass is 16.2. The summed E-state index contributed by atoms with van der Waals surface area (Å²) in [4.78, 5) is 29.7. The van der Waals surface area contributed by atoms with Gasteiger partial charge in [-0.15, -0.1) is 0 Å². The number of likely N-dealkylation sites (tertiary alicyclic amines) is 2. The van der Waals surface area contributed by atoms with Crippen molar-refractivity contribution in [3.05, 3.63) is 42.1 Å². The Labute approximate surface area is 198 Å². The molecule has 3 aliphatic rings. The minimum atomic E-state index is 0.158. The maximum atomic E-state index is 13.2. The molecule has 0 unspecified atom stereocenters. The maximum absolute atomic E-state index is 13.2. The molecule has 0 aliphatic carbocycles. The van der Waals surface area contributed by atoms with E-state index in [1.54, 1.807) is 0 Å². The van der Waals surface area contributed by atoms with Crippen LogP contribution in [-0.4, -0.2) is 71.0 Å². The zero-order chi connectivity index (χ0) is 22.6. The summed E-state index contributed by atoms with van der Waals surface area (Å²) >= 11 is 0. The Bertz CT molecular complexity index is 941. The topological polar surface area (TPSA) is 52.6 Å². The van der Waals surface area contributed by atoms with Crippen molar-refractivity contribution >= 4 is 11.7 Å². The van der Waals surface area contributed by atoms with Gasteiger partial charge in [-0.05, 0) is 70.7 Å². The second-order valence-electron chi connectivity index (χ2n) is 10.0. The zero-order valence-electron chi connectivity index (χ0n) is 20.0. The van der Waals surface area contributed by atoms with Gasteiger partial charge in [-0.3, -0.25) is 4.79 Å². The van der Waals surface area contributed by atoms with Gasteiger partial charge in [0.2, 0.25) is 5.91 Å². The highest BCUT2D eigenvalue weighted by molar-refractivity contribution is 5.79. The molecule has 0 radical (unpaired) electrons. The maximum Gasteiger partial charge on any atom is 0.225 e. The molecule has 3 saturated heterocycles. The van der Waals surface area contributed by atoms with Crippen molar-refractivity contribution in [2.75, 3.05) is 44.2 Å². The lowest BCUT2D eigenvalue weighted by molar-refractivity contribution is -0.137. The summed E-state index contributed by atoms with van der Waals surface area (Å²) < 4.78 is 0. The Morgan fingerprint density at radius 2 is 1.67 bits per heavy atom. The summed E-state index contributed by atoms with van der Waals surface area (Å²) in [6.45, 7) is 8.23. The van der Waals surface area contributed by atoms with Crippen LogP contribution in [0.5, 0.6) is 0 Å². The number of anilines is 1. The molecule has 6 heteroatoms. The zero-order valence-corrected chi connectivity index (χ0v) is 20.0. The van der Waals surface area contributed by atoms with E-state index in [0.717, 1.165) is 69.1 Å². The monoisotopic (exact) mass is 447 g/mol. The minimum Gasteiger partial charge on any atom is -0.356 e. The second-order valence-corrected chi connectivity index (χ2v) is 10.0. The predicted octanol–water partition coefficient (Wildman–Crippen LogP) is 4.15. The van der Waals surface area contributed by atoms with Crippen molar-refractivity contribution in [2.24, 2.45) is 5.92 Å². The lowest BCUT2D eigenvalue weighted by Crippen LogP contribution is -2.50. The van der Waals surface area contributed by atoms with Crippen LogP contribution < -0.4 is 4.90 Å². The van der Waals surface area contributed by atoms with Gasteiger partial charge in [0.05, 0.1) is 0 Å². The summed E-state index contributed by atoms with van der Waals surface area (Å²) in [7, 11) is 0. The molecule has 0 spiro atoms. The Morgan fingerprint density at radius 1 is 0.909 bits per heavy atom. The van der Waals surface area contributed by atoms with Crippen molar-refractivity contribution in [1.29, 1.82) is 0 Å². The number of amides is 1. The molecule has 3 fully saturated rings. The van der Waals surface area contributed by atoms with Crippen LogP contribution in [-0.2, 0) is 4.79 Å². The van der Waals surface area contributed by atoms with Crippen molar-refractivity contribution in [3.8, 4) is 11.4 Å². The Morgan fingerprint density at radius 3 is 2.39 bits per heavy atom. The first-order chi connectivity index (χ1) is 16.2. The van der Waals surface area contributed by atoms with Crippen molar-refractivity contribution in [1.82, 2.24) is 19.8 Å². The Hall–Kier alpha value is -2.47. The molecule has 3 aliphatic heterocycles. The quantitative estimate of drug-likeness (QED) is 0.705. The van der Waals surface area contributed by atoms with E-state index in [1.807, 2.05) is 18.3 Å². The van der Waals surface area contributed by atoms with E-state index in [4.69, 9.17) is 4.98 Å². The number of nitrogens with zero attached hydrogens (tertiary/aromatic N) is 5. The molecule has 0 atom stereocenters. The average molecular weight is 448 g/mol. The summed E-state index contributed by atoms with van der Waals surface area (Å²) in [5, 5.41) is 0. The second kappa shape index (κ2) is 10.2. The van der Waals surface area contributed by atoms with E-state index in [0.29, 0.717) is 11.9 Å². The van der Waals surface area contributed by atoms with Crippen LogP contribution in [0.1, 0.15) is 50.5 Å². The van der Waals surface area contributed by atoms with Crippen molar-refractivity contribution in [2.45, 2.75) is 57.9 Å². The number of carbonyl (C=O) groups excluding carboxylic acids is 1. The van der Waals surface area contributed by atoms with Crippen LogP contribution >= 0.6 is 0 Å². The van der Waals surface area contributed by atoms with Crippen LogP contribution in [0.3, 0.4) is 0 Å². The fourth-order valence-corrected chi connectivity index (χ4v) is 5.80. The van der Waals surface area contributed by atoms with Gasteiger partial charge in [0.25, 0.3) is 0 Å². The molecule has 6 nitrogen and oxygen atoms in total. The number of carbonyl (C=O) groups is 1. The van der Waals surface area contributed by atoms with E-state index < -0.39 is 0 Å². The third kappa shape index (κ3) is 5.21. The first-order valence-electron chi connectivity index (χ1n) is 12.9. The van der Waals surface area contributed by atoms with Crippen LogP contribution in [0.25, 0.3) is 11.4 Å². The molecule has 33 heavy (non-hydrogen) atoms. The Balaban J connectivity index is 1.14. The molecule has 2 aromatic rings. The van der Waals surface area contributed by atoms with Gasteiger partial charge in [-0.1, -0.05) is 30.2 Å². The van der Waals surface area contributed by atoms with Crippen molar-refractivity contribution < 1.29 is 4.79 Å². The highest BCUT2D eigenvalue weighted by Gasteiger charge is 2.32. The normalized spacial score (nSPS) is 21.4. The molecule has 0 saturated carbocycles. The van der Waals surface area contributed by atoms with E-state index in [9.17, 15) is 4.79 Å². The van der Waals surface area contributed by atoms with Gasteiger partial charge in [0.15, 0.2) is 5.82 Å². The number of aromatic nitrogens is 2. The predicted molar refractivity (Wildman–Crippen MR) is 132 cm³/mol. The number of rotatable bonds is 4. The van der Waals surface area contributed by atoms with E-state index in [1.165, 1.54) is 37.9 Å². The van der Waals surface area contributed by atoms with Gasteiger partial charge < -0.3 is 14.7 Å². The molecule has 1 aromatic heterocycles. The summed E-state index contributed by atoms with van der Waals surface area (Å²) in [6.07, 6.45) is 10.0. The molecule has 4 heterocycles. The third-order valence-corrected chi connectivity index (χ3v) is 7.77. The highest BCUT2D eigenvalue weighted by Crippen LogP contribution is 2.27. The SMILES string of the molecule is Cc1cccc(-c2nccc(N3CCC(C(=O)N4CCC(N5CCCCC5)CC4)CC3)n2)c1. The Kier molecular flexibility index (Phi) is 6.91. The molecule has 0 bridgehead atoms. The molecule has 5 rings (SSSR count). The van der Waals surface area contributed by atoms with Gasteiger partial charge in [-0.2, -0.15) is 0 Å². The van der Waals surface area contributed by atoms with Crippen LogP contribution in [0.4, 0.5) is 5.82 Å². The molecular weight excluding hydrogens is 410 g/mol. The molecule has 0 N–H and O–H groups in total. The van der Waals surface area contributed by atoms with Crippen LogP contribution in [0.15, 0.2) is 36.5 Å². The first-order valence-corrected chi connectivity index (χ1v) is 12.9. The summed E-state index contributed by atoms with van der Waals surface area (Å²) in [5.41, 5.74) is 2.26. The minimum absolute atomic E-state index is 0.158. The lowest BCUT2D eigenvalue weighted by Gasteiger charge is -2.41. The largest absolute Gasteiger partial charge is 0.356 e. The van der Waals surface area contributed by atoms with E-state index in [2.05, 4.69) is 44.8 Å². The molecule has 1 amide bonds. The fraction of sp³-hybridized carbons (Fsp3) is 0.593. The van der Waals surface area contributed by atoms with Crippen LogP contribution in [0.2, 0.25) is 0 Å². The van der Waals surface area contributed by atoms with Crippen molar-refractivity contribution in [3.63, 3.8) is 0 Å². The smallest absolute Gasteiger partial charge is 0.225 e. The number of hydrogen-bond acceptors (Lipinski definition) is 5. The van der Waals surface area contributed by atoms with Crippen LogP contribution in [0, 0.1) is 12.8 Å². The van der Waals surface area contributed by atoms with Gasteiger partial charge >= 0.3 is 0 Å². The molecular formula is C27H37N5O. The number of piperidine rings is 3. The van der Waals surface area contributed by atoms with E-state index >= 15 is 0 Å². The summed E-state index contributed by atoms with van der Waals surface area (Å²) in [6, 6.07) is 11.0.